The van der Waals surface area contributed by atoms with Crippen LogP contribution in [0.5, 0.6) is 0 Å². The van der Waals surface area contributed by atoms with Crippen LogP contribution in [0.25, 0.3) is 11.3 Å². The number of carbonyl (C=O) groups is 1. The highest BCUT2D eigenvalue weighted by atomic mass is 32.1. The summed E-state index contributed by atoms with van der Waals surface area (Å²) < 4.78 is 0. The first-order valence-electron chi connectivity index (χ1n) is 7.38. The molecule has 0 aliphatic carbocycles. The van der Waals surface area contributed by atoms with Gasteiger partial charge < -0.3 is 5.32 Å². The lowest BCUT2D eigenvalue weighted by Gasteiger charge is -2.01. The largest absolute Gasteiger partial charge is 0.326 e. The van der Waals surface area contributed by atoms with Gasteiger partial charge in [-0.3, -0.25) is 10.2 Å². The molecule has 2 aromatic carbocycles. The van der Waals surface area contributed by atoms with Gasteiger partial charge >= 0.3 is 0 Å². The standard InChI is InChI=1S/C18H16N4OS/c1-13(23)20-16-9-7-14(8-10-16)11-19-22-18-21-17(12-24-18)15-5-3-2-4-6-15/h2-12H,1H3,(H,20,23)(H,21,22). The smallest absolute Gasteiger partial charge is 0.221 e. The Morgan fingerprint density at radius 3 is 2.58 bits per heavy atom. The topological polar surface area (TPSA) is 66.4 Å². The SMILES string of the molecule is CC(=O)Nc1ccc(C=NNc2nc(-c3ccccc3)cs2)cc1. The highest BCUT2D eigenvalue weighted by Gasteiger charge is 2.02. The molecule has 6 heteroatoms. The number of nitrogens with one attached hydrogen (secondary N) is 2. The highest BCUT2D eigenvalue weighted by Crippen LogP contribution is 2.24. The van der Waals surface area contributed by atoms with Gasteiger partial charge in [-0.05, 0) is 17.7 Å². The van der Waals surface area contributed by atoms with E-state index in [1.165, 1.54) is 18.3 Å². The molecule has 3 rings (SSSR count). The van der Waals surface area contributed by atoms with Gasteiger partial charge in [0.05, 0.1) is 11.9 Å². The number of amides is 1. The zero-order valence-corrected chi connectivity index (χ0v) is 13.9. The number of nitrogens with zero attached hydrogens (tertiary/aromatic N) is 2. The molecule has 0 atom stereocenters. The lowest BCUT2D eigenvalue weighted by Crippen LogP contribution is -2.05. The van der Waals surface area contributed by atoms with Gasteiger partial charge in [0.25, 0.3) is 0 Å². The van der Waals surface area contributed by atoms with Crippen LogP contribution in [-0.2, 0) is 4.79 Å². The molecule has 0 aliphatic heterocycles. The minimum atomic E-state index is -0.0870. The molecule has 1 amide bonds. The Balaban J connectivity index is 1.60. The van der Waals surface area contributed by atoms with Crippen LogP contribution in [0.3, 0.4) is 0 Å². The average molecular weight is 336 g/mol. The van der Waals surface area contributed by atoms with Crippen LogP contribution in [-0.4, -0.2) is 17.1 Å². The summed E-state index contributed by atoms with van der Waals surface area (Å²) in [6.07, 6.45) is 1.71. The van der Waals surface area contributed by atoms with Gasteiger partial charge in [-0.2, -0.15) is 5.10 Å². The van der Waals surface area contributed by atoms with Crippen LogP contribution in [0.1, 0.15) is 12.5 Å². The minimum absolute atomic E-state index is 0.0870. The molecule has 0 fully saturated rings. The van der Waals surface area contributed by atoms with Gasteiger partial charge in [0.15, 0.2) is 0 Å². The van der Waals surface area contributed by atoms with Crippen LogP contribution < -0.4 is 10.7 Å². The number of hydrogen-bond acceptors (Lipinski definition) is 5. The van der Waals surface area contributed by atoms with Crippen LogP contribution in [0, 0.1) is 0 Å². The fraction of sp³-hybridized carbons (Fsp3) is 0.0556. The van der Waals surface area contributed by atoms with Crippen molar-refractivity contribution in [3.63, 3.8) is 0 Å². The summed E-state index contributed by atoms with van der Waals surface area (Å²) in [7, 11) is 0. The molecule has 24 heavy (non-hydrogen) atoms. The minimum Gasteiger partial charge on any atom is -0.326 e. The summed E-state index contributed by atoms with van der Waals surface area (Å²) in [5.41, 5.74) is 6.64. The number of benzene rings is 2. The predicted octanol–water partition coefficient (Wildman–Crippen LogP) is 4.21. The second kappa shape index (κ2) is 7.52. The number of thiazole rings is 1. The van der Waals surface area contributed by atoms with Gasteiger partial charge in [0.1, 0.15) is 0 Å². The van der Waals surface area contributed by atoms with Crippen LogP contribution in [0.15, 0.2) is 65.1 Å². The van der Waals surface area contributed by atoms with E-state index in [-0.39, 0.29) is 5.91 Å². The number of rotatable bonds is 5. The van der Waals surface area contributed by atoms with E-state index in [1.54, 1.807) is 6.21 Å². The molecule has 0 saturated carbocycles. The number of carbonyl (C=O) groups excluding carboxylic acids is 1. The molecule has 0 spiro atoms. The molecule has 120 valence electrons. The van der Waals surface area contributed by atoms with E-state index in [1.807, 2.05) is 60.0 Å². The van der Waals surface area contributed by atoms with E-state index in [9.17, 15) is 4.79 Å². The third-order valence-corrected chi connectivity index (χ3v) is 3.93. The summed E-state index contributed by atoms with van der Waals surface area (Å²) in [5, 5.41) is 9.65. The third-order valence-electron chi connectivity index (χ3n) is 3.18. The number of aromatic nitrogens is 1. The first kappa shape index (κ1) is 15.9. The van der Waals surface area contributed by atoms with Gasteiger partial charge in [-0.25, -0.2) is 4.98 Å². The Bertz CT molecular complexity index is 841. The predicted molar refractivity (Wildman–Crippen MR) is 99.5 cm³/mol. The number of hydrazone groups is 1. The molecule has 1 heterocycles. The molecule has 0 bridgehead atoms. The van der Waals surface area contributed by atoms with Crippen molar-refractivity contribution in [2.24, 2.45) is 5.10 Å². The Labute approximate surface area is 144 Å². The molecular weight excluding hydrogens is 320 g/mol. The molecule has 1 aromatic heterocycles. The van der Waals surface area contributed by atoms with Crippen molar-refractivity contribution >= 4 is 34.3 Å². The molecule has 5 nitrogen and oxygen atoms in total. The Kier molecular flexibility index (Phi) is 4.98. The highest BCUT2D eigenvalue weighted by molar-refractivity contribution is 7.14. The summed E-state index contributed by atoms with van der Waals surface area (Å²) in [5.74, 6) is -0.0870. The van der Waals surface area contributed by atoms with E-state index >= 15 is 0 Å². The van der Waals surface area contributed by atoms with E-state index in [4.69, 9.17) is 0 Å². The summed E-state index contributed by atoms with van der Waals surface area (Å²) >= 11 is 1.51. The number of anilines is 2. The molecule has 0 radical (unpaired) electrons. The summed E-state index contributed by atoms with van der Waals surface area (Å²) in [6, 6.07) is 17.4. The van der Waals surface area contributed by atoms with Gasteiger partial charge in [0.2, 0.25) is 11.0 Å². The van der Waals surface area contributed by atoms with Crippen molar-refractivity contribution in [2.75, 3.05) is 10.7 Å². The van der Waals surface area contributed by atoms with Crippen molar-refractivity contribution < 1.29 is 4.79 Å². The maximum atomic E-state index is 11.0. The van der Waals surface area contributed by atoms with Crippen LogP contribution >= 0.6 is 11.3 Å². The number of hydrogen-bond donors (Lipinski definition) is 2. The Hall–Kier alpha value is -2.99. The Morgan fingerprint density at radius 2 is 1.88 bits per heavy atom. The van der Waals surface area contributed by atoms with Gasteiger partial charge in [0, 0.05) is 23.6 Å². The zero-order chi connectivity index (χ0) is 16.8. The monoisotopic (exact) mass is 336 g/mol. The molecular formula is C18H16N4OS. The lowest BCUT2D eigenvalue weighted by atomic mass is 10.2. The van der Waals surface area contributed by atoms with Crippen molar-refractivity contribution in [1.29, 1.82) is 0 Å². The van der Waals surface area contributed by atoms with E-state index in [0.717, 1.165) is 27.6 Å². The first-order valence-corrected chi connectivity index (χ1v) is 8.26. The van der Waals surface area contributed by atoms with Crippen LogP contribution in [0.2, 0.25) is 0 Å². The van der Waals surface area contributed by atoms with Crippen molar-refractivity contribution in [3.05, 3.63) is 65.5 Å². The maximum Gasteiger partial charge on any atom is 0.221 e. The van der Waals surface area contributed by atoms with E-state index < -0.39 is 0 Å². The second-order valence-electron chi connectivity index (χ2n) is 5.08. The first-order chi connectivity index (χ1) is 11.7. The fourth-order valence-corrected chi connectivity index (χ4v) is 2.75. The molecule has 0 aliphatic rings. The van der Waals surface area contributed by atoms with E-state index in [0.29, 0.717) is 0 Å². The molecule has 2 N–H and O–H groups in total. The van der Waals surface area contributed by atoms with Gasteiger partial charge in [-0.15, -0.1) is 11.3 Å². The van der Waals surface area contributed by atoms with Crippen molar-refractivity contribution in [3.8, 4) is 11.3 Å². The van der Waals surface area contributed by atoms with Gasteiger partial charge in [-0.1, -0.05) is 42.5 Å². The second-order valence-corrected chi connectivity index (χ2v) is 5.94. The molecule has 0 saturated heterocycles. The molecule has 0 unspecified atom stereocenters. The van der Waals surface area contributed by atoms with Crippen molar-refractivity contribution in [2.45, 2.75) is 6.92 Å². The maximum absolute atomic E-state index is 11.0. The van der Waals surface area contributed by atoms with Crippen molar-refractivity contribution in [1.82, 2.24) is 4.98 Å². The molecule has 3 aromatic rings. The summed E-state index contributed by atoms with van der Waals surface area (Å²) in [6.45, 7) is 1.48. The third kappa shape index (κ3) is 4.27. The Morgan fingerprint density at radius 1 is 1.12 bits per heavy atom. The quantitative estimate of drug-likeness (QED) is 0.542. The van der Waals surface area contributed by atoms with E-state index in [2.05, 4.69) is 20.8 Å². The normalized spacial score (nSPS) is 10.7. The van der Waals surface area contributed by atoms with Crippen LogP contribution in [0.4, 0.5) is 10.8 Å². The lowest BCUT2D eigenvalue weighted by molar-refractivity contribution is -0.114. The zero-order valence-electron chi connectivity index (χ0n) is 13.1. The fourth-order valence-electron chi connectivity index (χ4n) is 2.08. The average Bonchev–Trinajstić information content (AvgIpc) is 3.06. The summed E-state index contributed by atoms with van der Waals surface area (Å²) in [4.78, 5) is 15.5.